The Kier molecular flexibility index (Phi) is 5.64. The summed E-state index contributed by atoms with van der Waals surface area (Å²) in [5, 5.41) is 11.4. The van der Waals surface area contributed by atoms with Gasteiger partial charge in [0.15, 0.2) is 0 Å². The predicted octanol–water partition coefficient (Wildman–Crippen LogP) is 3.92. The third-order valence-electron chi connectivity index (χ3n) is 3.36. The van der Waals surface area contributed by atoms with E-state index in [-0.39, 0.29) is 11.3 Å². The fraction of sp³-hybridized carbons (Fsp3) is 0.588. The van der Waals surface area contributed by atoms with Crippen LogP contribution in [0.5, 0.6) is 5.75 Å². The van der Waals surface area contributed by atoms with E-state index >= 15 is 0 Å². The second-order valence-corrected chi connectivity index (χ2v) is 7.34. The molecule has 0 radical (unpaired) electrons. The summed E-state index contributed by atoms with van der Waals surface area (Å²) in [5.74, 6) is 0.981. The highest BCUT2D eigenvalue weighted by molar-refractivity contribution is 5.79. The standard InChI is InChI=1S/C17H28N2O2/c1-16(2,3)12-17(4,5)13-6-8-14(9-7-13)21-11-10-15(18)19-20/h6-9,20H,10-12H2,1-5H3,(H2,18,19). The molecule has 0 aliphatic carbocycles. The minimum absolute atomic E-state index is 0.130. The molecule has 0 atom stereocenters. The van der Waals surface area contributed by atoms with E-state index < -0.39 is 0 Å². The minimum Gasteiger partial charge on any atom is -0.493 e. The molecule has 0 bridgehead atoms. The zero-order valence-electron chi connectivity index (χ0n) is 13.8. The summed E-state index contributed by atoms with van der Waals surface area (Å²) in [7, 11) is 0. The Morgan fingerprint density at radius 3 is 2.19 bits per heavy atom. The van der Waals surface area contributed by atoms with Gasteiger partial charge in [-0.1, -0.05) is 51.9 Å². The molecule has 4 heteroatoms. The van der Waals surface area contributed by atoms with E-state index in [1.165, 1.54) is 5.56 Å². The third kappa shape index (κ3) is 6.06. The van der Waals surface area contributed by atoms with Gasteiger partial charge in [0.2, 0.25) is 0 Å². The molecule has 0 aliphatic rings. The highest BCUT2D eigenvalue weighted by Crippen LogP contribution is 2.36. The van der Waals surface area contributed by atoms with Crippen molar-refractivity contribution >= 4 is 5.84 Å². The van der Waals surface area contributed by atoms with Gasteiger partial charge in [0, 0.05) is 6.42 Å². The Labute approximate surface area is 128 Å². The molecule has 0 spiro atoms. The summed E-state index contributed by atoms with van der Waals surface area (Å²) in [5.41, 5.74) is 7.12. The number of oxime groups is 1. The molecule has 0 saturated heterocycles. The van der Waals surface area contributed by atoms with Gasteiger partial charge < -0.3 is 15.7 Å². The van der Waals surface area contributed by atoms with Gasteiger partial charge in [0.05, 0.1) is 6.61 Å². The molecule has 0 aromatic heterocycles. The van der Waals surface area contributed by atoms with Crippen LogP contribution >= 0.6 is 0 Å². The van der Waals surface area contributed by atoms with E-state index in [1.807, 2.05) is 12.1 Å². The summed E-state index contributed by atoms with van der Waals surface area (Å²) >= 11 is 0. The first-order valence-corrected chi connectivity index (χ1v) is 7.34. The number of benzene rings is 1. The Bertz CT molecular complexity index is 471. The molecule has 0 amide bonds. The monoisotopic (exact) mass is 292 g/mol. The number of ether oxygens (including phenoxy) is 1. The molecule has 3 N–H and O–H groups in total. The van der Waals surface area contributed by atoms with Gasteiger partial charge in [-0.25, -0.2) is 0 Å². The predicted molar refractivity (Wildman–Crippen MR) is 87.1 cm³/mol. The molecule has 1 aromatic rings. The van der Waals surface area contributed by atoms with E-state index in [2.05, 4.69) is 51.9 Å². The molecule has 0 unspecified atom stereocenters. The van der Waals surface area contributed by atoms with Crippen LogP contribution in [0.15, 0.2) is 29.4 Å². The lowest BCUT2D eigenvalue weighted by Crippen LogP contribution is -2.24. The van der Waals surface area contributed by atoms with Crippen molar-refractivity contribution in [2.75, 3.05) is 6.61 Å². The summed E-state index contributed by atoms with van der Waals surface area (Å²) in [4.78, 5) is 0. The summed E-state index contributed by atoms with van der Waals surface area (Å²) in [6, 6.07) is 8.19. The molecule has 1 rings (SSSR count). The fourth-order valence-corrected chi connectivity index (χ4v) is 2.75. The fourth-order valence-electron chi connectivity index (χ4n) is 2.75. The lowest BCUT2D eigenvalue weighted by molar-refractivity contribution is 0.283. The van der Waals surface area contributed by atoms with Crippen LogP contribution in [0.1, 0.15) is 53.0 Å². The van der Waals surface area contributed by atoms with Gasteiger partial charge >= 0.3 is 0 Å². The lowest BCUT2D eigenvalue weighted by Gasteiger charge is -2.33. The highest BCUT2D eigenvalue weighted by Gasteiger charge is 2.27. The zero-order valence-corrected chi connectivity index (χ0v) is 13.8. The van der Waals surface area contributed by atoms with Crippen molar-refractivity contribution in [3.8, 4) is 5.75 Å². The van der Waals surface area contributed by atoms with Crippen molar-refractivity contribution in [1.29, 1.82) is 0 Å². The molecule has 118 valence electrons. The van der Waals surface area contributed by atoms with E-state index in [0.29, 0.717) is 18.4 Å². The molecule has 0 saturated carbocycles. The van der Waals surface area contributed by atoms with Gasteiger partial charge in [-0.15, -0.1) is 0 Å². The topological polar surface area (TPSA) is 67.8 Å². The van der Waals surface area contributed by atoms with Gasteiger partial charge in [-0.3, -0.25) is 0 Å². The maximum absolute atomic E-state index is 8.46. The highest BCUT2D eigenvalue weighted by atomic mass is 16.5. The molecule has 1 aromatic carbocycles. The van der Waals surface area contributed by atoms with Gasteiger partial charge in [0.25, 0.3) is 0 Å². The van der Waals surface area contributed by atoms with Crippen LogP contribution < -0.4 is 10.5 Å². The number of rotatable bonds is 6. The molecule has 4 nitrogen and oxygen atoms in total. The summed E-state index contributed by atoms with van der Waals surface area (Å²) in [6.45, 7) is 11.7. The third-order valence-corrected chi connectivity index (χ3v) is 3.36. The van der Waals surface area contributed by atoms with Crippen LogP contribution in [-0.2, 0) is 5.41 Å². The first-order valence-electron chi connectivity index (χ1n) is 7.34. The smallest absolute Gasteiger partial charge is 0.142 e. The maximum Gasteiger partial charge on any atom is 0.142 e. The molecular formula is C17H28N2O2. The van der Waals surface area contributed by atoms with Crippen LogP contribution in [-0.4, -0.2) is 17.6 Å². The average molecular weight is 292 g/mol. The van der Waals surface area contributed by atoms with Gasteiger partial charge in [-0.2, -0.15) is 0 Å². The van der Waals surface area contributed by atoms with E-state index in [4.69, 9.17) is 15.7 Å². The van der Waals surface area contributed by atoms with Crippen LogP contribution in [0, 0.1) is 5.41 Å². The van der Waals surface area contributed by atoms with Crippen LogP contribution in [0.3, 0.4) is 0 Å². The van der Waals surface area contributed by atoms with Gasteiger partial charge in [0.1, 0.15) is 11.6 Å². The van der Waals surface area contributed by atoms with Gasteiger partial charge in [-0.05, 0) is 34.9 Å². The molecular weight excluding hydrogens is 264 g/mol. The van der Waals surface area contributed by atoms with Crippen LogP contribution in [0.2, 0.25) is 0 Å². The SMILES string of the molecule is CC(C)(C)CC(C)(C)c1ccc(OCC/C(N)=N/O)cc1. The van der Waals surface area contributed by atoms with E-state index in [1.54, 1.807) is 0 Å². The van der Waals surface area contributed by atoms with Crippen LogP contribution in [0.4, 0.5) is 0 Å². The van der Waals surface area contributed by atoms with E-state index in [9.17, 15) is 0 Å². The van der Waals surface area contributed by atoms with Crippen molar-refractivity contribution < 1.29 is 9.94 Å². The maximum atomic E-state index is 8.46. The van der Waals surface area contributed by atoms with E-state index in [0.717, 1.165) is 12.2 Å². The molecule has 0 aliphatic heterocycles. The Morgan fingerprint density at radius 2 is 1.71 bits per heavy atom. The number of hydrogen-bond donors (Lipinski definition) is 2. The second kappa shape index (κ2) is 6.83. The van der Waals surface area contributed by atoms with Crippen molar-refractivity contribution in [1.82, 2.24) is 0 Å². The molecule has 0 heterocycles. The van der Waals surface area contributed by atoms with Crippen molar-refractivity contribution in [3.05, 3.63) is 29.8 Å². The Balaban J connectivity index is 2.65. The zero-order chi connectivity index (χ0) is 16.1. The second-order valence-electron chi connectivity index (χ2n) is 7.34. The summed E-state index contributed by atoms with van der Waals surface area (Å²) in [6.07, 6.45) is 1.53. The lowest BCUT2D eigenvalue weighted by atomic mass is 9.72. The van der Waals surface area contributed by atoms with Crippen LogP contribution in [0.25, 0.3) is 0 Å². The Hall–Kier alpha value is -1.71. The molecule has 0 fully saturated rings. The molecule has 21 heavy (non-hydrogen) atoms. The Morgan fingerprint density at radius 1 is 1.14 bits per heavy atom. The minimum atomic E-state index is 0.130. The quantitative estimate of drug-likeness (QED) is 0.361. The van der Waals surface area contributed by atoms with Crippen molar-refractivity contribution in [2.24, 2.45) is 16.3 Å². The summed E-state index contributed by atoms with van der Waals surface area (Å²) < 4.78 is 5.58. The average Bonchev–Trinajstić information content (AvgIpc) is 2.36. The number of nitrogens with zero attached hydrogens (tertiary/aromatic N) is 1. The first kappa shape index (κ1) is 17.3. The van der Waals surface area contributed by atoms with Crippen molar-refractivity contribution in [3.63, 3.8) is 0 Å². The first-order chi connectivity index (χ1) is 9.64. The van der Waals surface area contributed by atoms with Crippen molar-refractivity contribution in [2.45, 2.75) is 52.9 Å². The largest absolute Gasteiger partial charge is 0.493 e. The number of amidine groups is 1. The normalized spacial score (nSPS) is 13.3. The number of nitrogens with two attached hydrogens (primary N) is 1. The number of hydrogen-bond acceptors (Lipinski definition) is 3.